The molecule has 0 atom stereocenters. The van der Waals surface area contributed by atoms with Crippen LogP contribution in [0.5, 0.6) is 0 Å². The average molecular weight is 336 g/mol. The van der Waals surface area contributed by atoms with E-state index in [2.05, 4.69) is 4.98 Å². The minimum absolute atomic E-state index is 0.0238. The highest BCUT2D eigenvalue weighted by atomic mass is 32.1. The van der Waals surface area contributed by atoms with Gasteiger partial charge in [0.1, 0.15) is 11.6 Å². The number of carbonyl (C=O) groups is 3. The second-order valence-electron chi connectivity index (χ2n) is 5.79. The van der Waals surface area contributed by atoms with Crippen molar-refractivity contribution in [2.45, 2.75) is 32.4 Å². The van der Waals surface area contributed by atoms with E-state index in [9.17, 15) is 14.4 Å². The molecule has 124 valence electrons. The fourth-order valence-corrected chi connectivity index (χ4v) is 3.32. The van der Waals surface area contributed by atoms with Crippen molar-refractivity contribution in [1.82, 2.24) is 19.7 Å². The number of hydrogen-bond donors (Lipinski definition) is 0. The highest BCUT2D eigenvalue weighted by molar-refractivity contribution is 7.09. The van der Waals surface area contributed by atoms with Crippen molar-refractivity contribution in [2.24, 2.45) is 0 Å². The smallest absolute Gasteiger partial charge is 0.312 e. The van der Waals surface area contributed by atoms with Gasteiger partial charge in [0.15, 0.2) is 0 Å². The van der Waals surface area contributed by atoms with Gasteiger partial charge in [0.2, 0.25) is 5.91 Å². The summed E-state index contributed by atoms with van der Waals surface area (Å²) in [5.74, 6) is -1.19. The van der Waals surface area contributed by atoms with E-state index >= 15 is 0 Å². The molecule has 8 heteroatoms. The monoisotopic (exact) mass is 336 g/mol. The van der Waals surface area contributed by atoms with Gasteiger partial charge in [-0.2, -0.15) is 0 Å². The molecule has 2 heterocycles. The van der Waals surface area contributed by atoms with E-state index in [4.69, 9.17) is 0 Å². The molecule has 1 aromatic heterocycles. The first kappa shape index (κ1) is 15.9. The minimum Gasteiger partial charge on any atom is -0.333 e. The van der Waals surface area contributed by atoms with Gasteiger partial charge in [-0.05, 0) is 19.8 Å². The third-order valence-corrected chi connectivity index (χ3v) is 4.97. The van der Waals surface area contributed by atoms with Gasteiger partial charge >= 0.3 is 11.8 Å². The molecule has 0 spiro atoms. The Morgan fingerprint density at radius 3 is 2.61 bits per heavy atom. The minimum atomic E-state index is -0.573. The van der Waals surface area contributed by atoms with E-state index in [1.165, 1.54) is 21.1 Å². The lowest BCUT2D eigenvalue weighted by Gasteiger charge is -2.34. The zero-order valence-electron chi connectivity index (χ0n) is 13.1. The lowest BCUT2D eigenvalue weighted by molar-refractivity contribution is -0.157. The van der Waals surface area contributed by atoms with Crippen molar-refractivity contribution in [1.29, 1.82) is 0 Å². The first-order chi connectivity index (χ1) is 11.1. The van der Waals surface area contributed by atoms with Crippen molar-refractivity contribution in [3.05, 3.63) is 16.6 Å². The summed E-state index contributed by atoms with van der Waals surface area (Å²) in [5, 5.41) is 2.78. The van der Waals surface area contributed by atoms with Crippen LogP contribution >= 0.6 is 11.3 Å². The normalized spacial score (nSPS) is 18.5. The molecule has 23 heavy (non-hydrogen) atoms. The Balaban J connectivity index is 1.63. The van der Waals surface area contributed by atoms with Crippen molar-refractivity contribution < 1.29 is 14.4 Å². The van der Waals surface area contributed by atoms with Crippen molar-refractivity contribution >= 4 is 29.1 Å². The van der Waals surface area contributed by atoms with E-state index in [0.29, 0.717) is 26.2 Å². The van der Waals surface area contributed by atoms with E-state index in [0.717, 1.165) is 17.8 Å². The standard InChI is InChI=1S/C15H20N4O3S/c1-2-17-6-7-18(15(22)14(17)21)10-13(20)19(11-3-4-11)9-12-16-5-8-23-12/h5,8,11H,2-4,6-7,9-10H2,1H3. The molecule has 0 radical (unpaired) electrons. The predicted octanol–water partition coefficient (Wildman–Crippen LogP) is 0.325. The molecule has 0 bridgehead atoms. The summed E-state index contributed by atoms with van der Waals surface area (Å²) in [7, 11) is 0. The second-order valence-corrected chi connectivity index (χ2v) is 6.77. The van der Waals surface area contributed by atoms with Crippen LogP contribution in [0.3, 0.4) is 0 Å². The highest BCUT2D eigenvalue weighted by Gasteiger charge is 2.37. The van der Waals surface area contributed by atoms with Crippen LogP contribution in [0, 0.1) is 0 Å². The predicted molar refractivity (Wildman–Crippen MR) is 84.5 cm³/mol. The van der Waals surface area contributed by atoms with E-state index in [-0.39, 0.29) is 18.5 Å². The molecular formula is C15H20N4O3S. The topological polar surface area (TPSA) is 73.8 Å². The quantitative estimate of drug-likeness (QED) is 0.702. The summed E-state index contributed by atoms with van der Waals surface area (Å²) in [6.45, 7) is 3.73. The average Bonchev–Trinajstić information content (AvgIpc) is 3.25. The molecule has 2 fully saturated rings. The summed E-state index contributed by atoms with van der Waals surface area (Å²) in [6.07, 6.45) is 3.71. The molecular weight excluding hydrogens is 316 g/mol. The largest absolute Gasteiger partial charge is 0.333 e. The summed E-state index contributed by atoms with van der Waals surface area (Å²) >= 11 is 1.52. The van der Waals surface area contributed by atoms with Crippen molar-refractivity contribution in [3.63, 3.8) is 0 Å². The number of amides is 3. The van der Waals surface area contributed by atoms with Crippen LogP contribution in [0.2, 0.25) is 0 Å². The van der Waals surface area contributed by atoms with Crippen LogP contribution in [-0.4, -0.2) is 69.6 Å². The van der Waals surface area contributed by atoms with Gasteiger partial charge in [-0.15, -0.1) is 11.3 Å². The maximum atomic E-state index is 12.6. The number of likely N-dealkylation sites (N-methyl/N-ethyl adjacent to an activating group) is 1. The van der Waals surface area contributed by atoms with Gasteiger partial charge in [0.25, 0.3) is 0 Å². The molecule has 0 N–H and O–H groups in total. The first-order valence-corrected chi connectivity index (χ1v) is 8.74. The molecule has 0 aromatic carbocycles. The number of nitrogens with zero attached hydrogens (tertiary/aromatic N) is 4. The molecule has 2 aliphatic rings. The molecule has 3 rings (SSSR count). The maximum Gasteiger partial charge on any atom is 0.312 e. The molecule has 0 unspecified atom stereocenters. The Morgan fingerprint density at radius 2 is 2.00 bits per heavy atom. The third kappa shape index (κ3) is 3.52. The van der Waals surface area contributed by atoms with Crippen LogP contribution in [0.1, 0.15) is 24.8 Å². The number of carbonyl (C=O) groups excluding carboxylic acids is 3. The number of thiazole rings is 1. The van der Waals surface area contributed by atoms with Crippen LogP contribution in [0.4, 0.5) is 0 Å². The molecule has 1 saturated carbocycles. The molecule has 1 aliphatic heterocycles. The van der Waals surface area contributed by atoms with Crippen LogP contribution in [-0.2, 0) is 20.9 Å². The van der Waals surface area contributed by atoms with Gasteiger partial charge in [-0.1, -0.05) is 0 Å². The molecule has 1 aliphatic carbocycles. The van der Waals surface area contributed by atoms with Gasteiger partial charge in [-0.3, -0.25) is 14.4 Å². The van der Waals surface area contributed by atoms with Gasteiger partial charge in [0.05, 0.1) is 6.54 Å². The SMILES string of the molecule is CCN1CCN(CC(=O)N(Cc2nccs2)C2CC2)C(=O)C1=O. The number of aromatic nitrogens is 1. The lowest BCUT2D eigenvalue weighted by Crippen LogP contribution is -2.56. The van der Waals surface area contributed by atoms with Crippen molar-refractivity contribution in [2.75, 3.05) is 26.2 Å². The fourth-order valence-electron chi connectivity index (χ4n) is 2.71. The zero-order valence-corrected chi connectivity index (χ0v) is 13.9. The Morgan fingerprint density at radius 1 is 1.30 bits per heavy atom. The lowest BCUT2D eigenvalue weighted by atomic mass is 10.2. The van der Waals surface area contributed by atoms with Crippen LogP contribution in [0.15, 0.2) is 11.6 Å². The summed E-state index contributed by atoms with van der Waals surface area (Å²) in [4.78, 5) is 45.5. The summed E-state index contributed by atoms with van der Waals surface area (Å²) < 4.78 is 0. The van der Waals surface area contributed by atoms with Crippen LogP contribution < -0.4 is 0 Å². The number of piperazine rings is 1. The Bertz CT molecular complexity index is 600. The van der Waals surface area contributed by atoms with E-state index < -0.39 is 11.8 Å². The van der Waals surface area contributed by atoms with Crippen molar-refractivity contribution in [3.8, 4) is 0 Å². The maximum absolute atomic E-state index is 12.6. The van der Waals surface area contributed by atoms with E-state index in [1.54, 1.807) is 11.1 Å². The second kappa shape index (κ2) is 6.66. The van der Waals surface area contributed by atoms with Gasteiger partial charge in [0, 0.05) is 37.3 Å². The van der Waals surface area contributed by atoms with Crippen LogP contribution in [0.25, 0.3) is 0 Å². The van der Waals surface area contributed by atoms with Gasteiger partial charge < -0.3 is 14.7 Å². The zero-order chi connectivity index (χ0) is 16.4. The summed E-state index contributed by atoms with van der Waals surface area (Å²) in [6, 6.07) is 0.245. The Kier molecular flexibility index (Phi) is 4.61. The Hall–Kier alpha value is -1.96. The fraction of sp³-hybridized carbons (Fsp3) is 0.600. The van der Waals surface area contributed by atoms with E-state index in [1.807, 2.05) is 12.3 Å². The summed E-state index contributed by atoms with van der Waals surface area (Å²) in [5.41, 5.74) is 0. The molecule has 1 saturated heterocycles. The third-order valence-electron chi connectivity index (χ3n) is 4.20. The number of hydrogen-bond acceptors (Lipinski definition) is 5. The molecule has 3 amide bonds. The first-order valence-electron chi connectivity index (χ1n) is 7.86. The van der Waals surface area contributed by atoms with Gasteiger partial charge in [-0.25, -0.2) is 4.98 Å². The Labute approximate surface area is 138 Å². The number of rotatable bonds is 6. The molecule has 1 aromatic rings. The highest BCUT2D eigenvalue weighted by Crippen LogP contribution is 2.29. The molecule has 7 nitrogen and oxygen atoms in total.